The Hall–Kier alpha value is -1.87. The van der Waals surface area contributed by atoms with Gasteiger partial charge in [-0.15, -0.1) is 0 Å². The zero-order chi connectivity index (χ0) is 22.1. The molecule has 1 aliphatic heterocycles. The molecule has 0 radical (unpaired) electrons. The molecular weight excluding hydrogens is 450 g/mol. The second-order valence-corrected chi connectivity index (χ2v) is 9.21. The van der Waals surface area contributed by atoms with Gasteiger partial charge in [0, 0.05) is 38.8 Å². The Morgan fingerprint density at radius 1 is 1.10 bits per heavy atom. The molecule has 2 aromatic carbocycles. The van der Waals surface area contributed by atoms with Crippen LogP contribution in [0, 0.1) is 18.3 Å². The zero-order valence-corrected chi connectivity index (χ0v) is 20.4. The quantitative estimate of drug-likeness (QED) is 0.391. The number of ether oxygens (including phenoxy) is 1. The minimum absolute atomic E-state index is 0.441. The molecule has 2 aromatic rings. The first kappa shape index (κ1) is 23.8. The molecular formula is C26H34BrN3O. The first-order valence-corrected chi connectivity index (χ1v) is 12.3. The van der Waals surface area contributed by atoms with Crippen molar-refractivity contribution in [2.24, 2.45) is 0 Å². The smallest absolute Gasteiger partial charge is 0.133 e. The van der Waals surface area contributed by atoms with Gasteiger partial charge in [0.25, 0.3) is 0 Å². The highest BCUT2D eigenvalue weighted by atomic mass is 79.9. The lowest BCUT2D eigenvalue weighted by Crippen LogP contribution is -2.48. The molecule has 1 heterocycles. The summed E-state index contributed by atoms with van der Waals surface area (Å²) in [5.74, 6) is 0.910. The van der Waals surface area contributed by atoms with Crippen molar-refractivity contribution in [1.82, 2.24) is 9.80 Å². The molecule has 1 saturated heterocycles. The van der Waals surface area contributed by atoms with Crippen LogP contribution in [0.15, 0.2) is 46.9 Å². The highest BCUT2D eigenvalue weighted by Crippen LogP contribution is 2.29. The number of para-hydroxylation sites is 1. The van der Waals surface area contributed by atoms with Gasteiger partial charge in [0.2, 0.25) is 0 Å². The van der Waals surface area contributed by atoms with Crippen LogP contribution in [-0.4, -0.2) is 49.1 Å². The van der Waals surface area contributed by atoms with Crippen LogP contribution in [0.25, 0.3) is 0 Å². The highest BCUT2D eigenvalue weighted by molar-refractivity contribution is 9.10. The molecule has 0 spiro atoms. The Morgan fingerprint density at radius 3 is 2.55 bits per heavy atom. The number of aryl methyl sites for hydroxylation is 1. The molecule has 1 aliphatic rings. The Balaban J connectivity index is 1.55. The molecule has 31 heavy (non-hydrogen) atoms. The van der Waals surface area contributed by atoms with E-state index in [1.165, 1.54) is 31.2 Å². The zero-order valence-electron chi connectivity index (χ0n) is 18.8. The number of rotatable bonds is 10. The lowest BCUT2D eigenvalue weighted by atomic mass is 9.95. The van der Waals surface area contributed by atoms with Crippen LogP contribution in [0.5, 0.6) is 5.75 Å². The van der Waals surface area contributed by atoms with Crippen molar-refractivity contribution >= 4 is 15.9 Å². The average molecular weight is 484 g/mol. The minimum Gasteiger partial charge on any atom is -0.491 e. The molecule has 1 unspecified atom stereocenters. The molecule has 166 valence electrons. The largest absolute Gasteiger partial charge is 0.491 e. The van der Waals surface area contributed by atoms with E-state index in [-0.39, 0.29) is 0 Å². The summed E-state index contributed by atoms with van der Waals surface area (Å²) in [6.07, 6.45) is 4.95. The molecule has 1 atom stereocenters. The van der Waals surface area contributed by atoms with Gasteiger partial charge in [0.1, 0.15) is 12.4 Å². The first-order chi connectivity index (χ1) is 15.1. The van der Waals surface area contributed by atoms with E-state index in [0.717, 1.165) is 54.1 Å². The van der Waals surface area contributed by atoms with Gasteiger partial charge < -0.3 is 4.74 Å². The predicted molar refractivity (Wildman–Crippen MR) is 130 cm³/mol. The molecule has 0 saturated carbocycles. The molecule has 4 nitrogen and oxygen atoms in total. The van der Waals surface area contributed by atoms with Crippen molar-refractivity contribution in [3.05, 3.63) is 63.6 Å². The third-order valence-electron chi connectivity index (χ3n) is 6.19. The summed E-state index contributed by atoms with van der Waals surface area (Å²) in [5, 5.41) is 9.28. The van der Waals surface area contributed by atoms with E-state index in [1.807, 2.05) is 37.3 Å². The minimum atomic E-state index is 0.441. The van der Waals surface area contributed by atoms with Crippen LogP contribution in [0.4, 0.5) is 0 Å². The van der Waals surface area contributed by atoms with Crippen LogP contribution >= 0.6 is 15.9 Å². The molecule has 0 aliphatic carbocycles. The summed E-state index contributed by atoms with van der Waals surface area (Å²) in [5.41, 5.74) is 3.23. The number of unbranched alkanes of at least 4 members (excludes halogenated alkanes) is 2. The summed E-state index contributed by atoms with van der Waals surface area (Å²) in [6, 6.07) is 17.1. The lowest BCUT2D eigenvalue weighted by Gasteiger charge is -2.39. The fourth-order valence-corrected chi connectivity index (χ4v) is 4.71. The number of nitrogens with zero attached hydrogens (tertiary/aromatic N) is 3. The van der Waals surface area contributed by atoms with E-state index in [0.29, 0.717) is 12.6 Å². The fourth-order valence-electron chi connectivity index (χ4n) is 4.31. The Labute approximate surface area is 195 Å². The van der Waals surface area contributed by atoms with Crippen LogP contribution in [0.3, 0.4) is 0 Å². The van der Waals surface area contributed by atoms with Gasteiger partial charge in [0.05, 0.1) is 16.1 Å². The molecule has 0 bridgehead atoms. The van der Waals surface area contributed by atoms with Gasteiger partial charge in [-0.1, -0.05) is 50.5 Å². The van der Waals surface area contributed by atoms with E-state index in [9.17, 15) is 5.26 Å². The van der Waals surface area contributed by atoms with Crippen molar-refractivity contribution in [2.45, 2.75) is 45.6 Å². The number of nitriles is 1. The normalized spacial score (nSPS) is 16.1. The number of piperazine rings is 1. The van der Waals surface area contributed by atoms with Crippen molar-refractivity contribution < 1.29 is 4.74 Å². The van der Waals surface area contributed by atoms with Crippen molar-refractivity contribution in [1.29, 1.82) is 5.26 Å². The standard InChI is InChI=1S/C26H34BrN3O/c1-3-4-5-9-25(22-11-12-23(20-28)21(2)19-22)30-15-13-29(14-16-30)17-18-31-26-10-7-6-8-24(26)27/h6-8,10-12,19,25H,3-5,9,13-18H2,1-2H3. The molecule has 0 amide bonds. The molecule has 1 fully saturated rings. The van der Waals surface area contributed by atoms with Gasteiger partial charge in [-0.2, -0.15) is 5.26 Å². The van der Waals surface area contributed by atoms with E-state index < -0.39 is 0 Å². The fraction of sp³-hybridized carbons (Fsp3) is 0.500. The molecule has 0 aromatic heterocycles. The van der Waals surface area contributed by atoms with Crippen LogP contribution < -0.4 is 4.74 Å². The van der Waals surface area contributed by atoms with Crippen LogP contribution in [0.2, 0.25) is 0 Å². The van der Waals surface area contributed by atoms with Gasteiger partial charge in [-0.25, -0.2) is 0 Å². The van der Waals surface area contributed by atoms with E-state index in [1.54, 1.807) is 0 Å². The monoisotopic (exact) mass is 483 g/mol. The van der Waals surface area contributed by atoms with Crippen molar-refractivity contribution in [3.8, 4) is 11.8 Å². The van der Waals surface area contributed by atoms with E-state index in [4.69, 9.17) is 4.74 Å². The number of halogens is 1. The van der Waals surface area contributed by atoms with Gasteiger partial charge >= 0.3 is 0 Å². The van der Waals surface area contributed by atoms with Crippen molar-refractivity contribution in [3.63, 3.8) is 0 Å². The number of hydrogen-bond donors (Lipinski definition) is 0. The Bertz CT molecular complexity index is 871. The second-order valence-electron chi connectivity index (χ2n) is 8.35. The van der Waals surface area contributed by atoms with Gasteiger partial charge in [-0.05, 0) is 58.6 Å². The molecule has 5 heteroatoms. The lowest BCUT2D eigenvalue weighted by molar-refractivity contribution is 0.0817. The summed E-state index contributed by atoms with van der Waals surface area (Å²) in [7, 11) is 0. The molecule has 0 N–H and O–H groups in total. The molecule has 3 rings (SSSR count). The van der Waals surface area contributed by atoms with E-state index >= 15 is 0 Å². The Morgan fingerprint density at radius 2 is 1.87 bits per heavy atom. The number of hydrogen-bond acceptors (Lipinski definition) is 4. The summed E-state index contributed by atoms with van der Waals surface area (Å²) in [6.45, 7) is 10.3. The highest BCUT2D eigenvalue weighted by Gasteiger charge is 2.25. The van der Waals surface area contributed by atoms with Gasteiger partial charge in [0.15, 0.2) is 0 Å². The van der Waals surface area contributed by atoms with Crippen LogP contribution in [0.1, 0.15) is 55.3 Å². The third-order valence-corrected chi connectivity index (χ3v) is 6.84. The maximum Gasteiger partial charge on any atom is 0.133 e. The number of benzene rings is 2. The maximum atomic E-state index is 9.28. The topological polar surface area (TPSA) is 39.5 Å². The average Bonchev–Trinajstić information content (AvgIpc) is 2.79. The predicted octanol–water partition coefficient (Wildman–Crippen LogP) is 5.95. The van der Waals surface area contributed by atoms with Gasteiger partial charge in [-0.3, -0.25) is 9.80 Å². The van der Waals surface area contributed by atoms with Crippen LogP contribution in [-0.2, 0) is 0 Å². The third kappa shape index (κ3) is 6.80. The second kappa shape index (κ2) is 12.2. The summed E-state index contributed by atoms with van der Waals surface area (Å²) in [4.78, 5) is 5.14. The SMILES string of the molecule is CCCCCC(c1ccc(C#N)c(C)c1)N1CCN(CCOc2ccccc2Br)CC1. The summed E-state index contributed by atoms with van der Waals surface area (Å²) < 4.78 is 6.96. The maximum absolute atomic E-state index is 9.28. The van der Waals surface area contributed by atoms with Crippen molar-refractivity contribution in [2.75, 3.05) is 39.3 Å². The Kier molecular flexibility index (Phi) is 9.39. The first-order valence-electron chi connectivity index (χ1n) is 11.5. The summed E-state index contributed by atoms with van der Waals surface area (Å²) >= 11 is 3.55. The van der Waals surface area contributed by atoms with E-state index in [2.05, 4.69) is 50.9 Å².